The summed E-state index contributed by atoms with van der Waals surface area (Å²) >= 11 is 13.0. The lowest BCUT2D eigenvalue weighted by molar-refractivity contribution is 0.461. The van der Waals surface area contributed by atoms with Crippen LogP contribution in [0.2, 0.25) is 10.0 Å². The largest absolute Gasteiger partial charge is 0.419 e. The predicted molar refractivity (Wildman–Crippen MR) is 76.4 cm³/mol. The van der Waals surface area contributed by atoms with Crippen LogP contribution < -0.4 is 11.4 Å². The van der Waals surface area contributed by atoms with E-state index in [1.54, 1.807) is 24.3 Å². The topological polar surface area (TPSA) is 63.1 Å². The number of aromatic amines is 1. The van der Waals surface area contributed by atoms with Gasteiger partial charge < -0.3 is 4.42 Å². The Morgan fingerprint density at radius 1 is 1.11 bits per heavy atom. The van der Waals surface area contributed by atoms with Crippen molar-refractivity contribution in [3.63, 3.8) is 0 Å². The molecule has 0 aliphatic heterocycles. The monoisotopic (exact) mass is 313 g/mol. The van der Waals surface area contributed by atoms with Crippen molar-refractivity contribution in [2.24, 2.45) is 0 Å². The van der Waals surface area contributed by atoms with E-state index in [1.807, 2.05) is 0 Å². The van der Waals surface area contributed by atoms with Crippen LogP contribution in [0.15, 0.2) is 38.3 Å². The summed E-state index contributed by atoms with van der Waals surface area (Å²) in [6.07, 6.45) is 0. The third-order valence-corrected chi connectivity index (χ3v) is 4.45. The second-order valence-corrected chi connectivity index (χ2v) is 5.65. The normalized spacial score (nSPS) is 11.1. The SMILES string of the molecule is O=c1[nH]c2cc(-c3ccc(Cl)c(Cl)c3)sc2c(=O)o1. The number of H-pyrrole nitrogens is 1. The minimum absolute atomic E-state index is 0.362. The summed E-state index contributed by atoms with van der Waals surface area (Å²) in [6, 6.07) is 6.87. The summed E-state index contributed by atoms with van der Waals surface area (Å²) in [6.45, 7) is 0. The summed E-state index contributed by atoms with van der Waals surface area (Å²) in [7, 11) is 0. The third-order valence-electron chi connectivity index (χ3n) is 2.54. The van der Waals surface area contributed by atoms with Crippen molar-refractivity contribution in [2.45, 2.75) is 0 Å². The molecule has 0 amide bonds. The molecule has 1 aromatic carbocycles. The molecular formula is C12H5Cl2NO3S. The van der Waals surface area contributed by atoms with Gasteiger partial charge in [0.25, 0.3) is 0 Å². The average molecular weight is 314 g/mol. The van der Waals surface area contributed by atoms with E-state index in [0.29, 0.717) is 20.3 Å². The van der Waals surface area contributed by atoms with E-state index in [4.69, 9.17) is 23.2 Å². The van der Waals surface area contributed by atoms with Gasteiger partial charge in [0.1, 0.15) is 4.70 Å². The molecule has 96 valence electrons. The third kappa shape index (κ3) is 2.20. The number of benzene rings is 1. The minimum atomic E-state index is -0.768. The van der Waals surface area contributed by atoms with Crippen LogP contribution in [0.4, 0.5) is 0 Å². The fourth-order valence-corrected chi connectivity index (χ4v) is 2.98. The second kappa shape index (κ2) is 4.52. The maximum absolute atomic E-state index is 11.5. The van der Waals surface area contributed by atoms with Crippen molar-refractivity contribution in [3.8, 4) is 10.4 Å². The van der Waals surface area contributed by atoms with Crippen LogP contribution in [0, 0.1) is 0 Å². The molecule has 0 atom stereocenters. The highest BCUT2D eigenvalue weighted by Crippen LogP contribution is 2.34. The maximum Gasteiger partial charge on any atom is 0.419 e. The fraction of sp³-hybridized carbons (Fsp3) is 0. The van der Waals surface area contributed by atoms with Crippen LogP contribution in [0.5, 0.6) is 0 Å². The maximum atomic E-state index is 11.5. The highest BCUT2D eigenvalue weighted by molar-refractivity contribution is 7.22. The highest BCUT2D eigenvalue weighted by atomic mass is 35.5. The smallest absolute Gasteiger partial charge is 0.372 e. The Kier molecular flexibility index (Phi) is 2.97. The lowest BCUT2D eigenvalue weighted by atomic mass is 10.2. The Labute approximate surface area is 120 Å². The van der Waals surface area contributed by atoms with Gasteiger partial charge in [-0.15, -0.1) is 11.3 Å². The van der Waals surface area contributed by atoms with Gasteiger partial charge in [-0.05, 0) is 23.8 Å². The van der Waals surface area contributed by atoms with Gasteiger partial charge in [-0.2, -0.15) is 0 Å². The summed E-state index contributed by atoms with van der Waals surface area (Å²) in [5.74, 6) is -0.768. The van der Waals surface area contributed by atoms with Gasteiger partial charge >= 0.3 is 11.4 Å². The van der Waals surface area contributed by atoms with E-state index in [0.717, 1.165) is 10.4 Å². The lowest BCUT2D eigenvalue weighted by Crippen LogP contribution is -2.12. The van der Waals surface area contributed by atoms with E-state index >= 15 is 0 Å². The molecule has 1 N–H and O–H groups in total. The number of aromatic nitrogens is 1. The number of halogens is 2. The quantitative estimate of drug-likeness (QED) is 0.747. The zero-order valence-electron chi connectivity index (χ0n) is 9.20. The standard InChI is InChI=1S/C12H5Cl2NO3S/c13-6-2-1-5(3-7(6)14)9-4-8-10(19-9)11(16)18-12(17)15-8/h1-4H,(H,15,17). The van der Waals surface area contributed by atoms with Crippen LogP contribution >= 0.6 is 34.5 Å². The summed E-state index contributed by atoms with van der Waals surface area (Å²) in [5.41, 5.74) is 0.623. The van der Waals surface area contributed by atoms with Crippen LogP contribution in [0.1, 0.15) is 0 Å². The molecule has 0 radical (unpaired) electrons. The minimum Gasteiger partial charge on any atom is -0.372 e. The number of thiophene rings is 1. The van der Waals surface area contributed by atoms with Gasteiger partial charge in [0.15, 0.2) is 0 Å². The summed E-state index contributed by atoms with van der Waals surface area (Å²) in [5, 5.41) is 0.886. The first kappa shape index (κ1) is 12.5. The van der Waals surface area contributed by atoms with E-state index in [1.165, 1.54) is 11.3 Å². The Morgan fingerprint density at radius 2 is 1.89 bits per heavy atom. The van der Waals surface area contributed by atoms with E-state index in [9.17, 15) is 9.59 Å². The van der Waals surface area contributed by atoms with Crippen LogP contribution in [-0.4, -0.2) is 4.98 Å². The number of hydrogen-bond acceptors (Lipinski definition) is 4. The fourth-order valence-electron chi connectivity index (χ4n) is 1.69. The van der Waals surface area contributed by atoms with E-state index in [-0.39, 0.29) is 0 Å². The van der Waals surface area contributed by atoms with Gasteiger partial charge in [0.2, 0.25) is 0 Å². The zero-order valence-corrected chi connectivity index (χ0v) is 11.5. The highest BCUT2D eigenvalue weighted by Gasteiger charge is 2.10. The molecule has 3 rings (SSSR count). The molecule has 3 aromatic rings. The van der Waals surface area contributed by atoms with Gasteiger partial charge in [0, 0.05) is 4.88 Å². The van der Waals surface area contributed by atoms with Gasteiger partial charge in [-0.25, -0.2) is 9.59 Å². The van der Waals surface area contributed by atoms with Crippen molar-refractivity contribution < 1.29 is 4.42 Å². The first-order valence-electron chi connectivity index (χ1n) is 5.17. The Balaban J connectivity index is 2.26. The number of fused-ring (bicyclic) bond motifs is 1. The summed E-state index contributed by atoms with van der Waals surface area (Å²) in [4.78, 5) is 25.9. The molecule has 4 nitrogen and oxygen atoms in total. The molecule has 0 fully saturated rings. The van der Waals surface area contributed by atoms with Crippen molar-refractivity contribution in [1.29, 1.82) is 0 Å². The molecule has 2 aromatic heterocycles. The van der Waals surface area contributed by atoms with Gasteiger partial charge in [-0.3, -0.25) is 4.98 Å². The van der Waals surface area contributed by atoms with Crippen molar-refractivity contribution in [2.75, 3.05) is 0 Å². The average Bonchev–Trinajstić information content (AvgIpc) is 2.76. The molecule has 19 heavy (non-hydrogen) atoms. The first-order valence-corrected chi connectivity index (χ1v) is 6.74. The molecule has 0 spiro atoms. The predicted octanol–water partition coefficient (Wildman–Crippen LogP) is 3.52. The molecular weight excluding hydrogens is 309 g/mol. The van der Waals surface area contributed by atoms with Crippen LogP contribution in [-0.2, 0) is 0 Å². The van der Waals surface area contributed by atoms with E-state index < -0.39 is 11.4 Å². The van der Waals surface area contributed by atoms with E-state index in [2.05, 4.69) is 9.40 Å². The summed E-state index contributed by atoms with van der Waals surface area (Å²) < 4.78 is 4.84. The number of hydrogen-bond donors (Lipinski definition) is 1. The number of nitrogens with one attached hydrogen (secondary N) is 1. The Hall–Kier alpha value is -1.56. The molecule has 0 saturated carbocycles. The molecule has 7 heteroatoms. The molecule has 2 heterocycles. The Bertz CT molecular complexity index is 894. The van der Waals surface area contributed by atoms with Gasteiger partial charge in [-0.1, -0.05) is 29.3 Å². The second-order valence-electron chi connectivity index (χ2n) is 3.78. The first-order chi connectivity index (χ1) is 9.04. The molecule has 0 unspecified atom stereocenters. The molecule has 0 saturated heterocycles. The van der Waals surface area contributed by atoms with Crippen molar-refractivity contribution >= 4 is 44.8 Å². The van der Waals surface area contributed by atoms with Gasteiger partial charge in [0.05, 0.1) is 15.6 Å². The van der Waals surface area contributed by atoms with Crippen LogP contribution in [0.3, 0.4) is 0 Å². The lowest BCUT2D eigenvalue weighted by Gasteiger charge is -1.99. The van der Waals surface area contributed by atoms with Crippen molar-refractivity contribution in [1.82, 2.24) is 4.98 Å². The van der Waals surface area contributed by atoms with Crippen molar-refractivity contribution in [3.05, 3.63) is 55.3 Å². The molecule has 0 aliphatic rings. The Morgan fingerprint density at radius 3 is 2.63 bits per heavy atom. The number of rotatable bonds is 1. The van der Waals surface area contributed by atoms with Crippen LogP contribution in [0.25, 0.3) is 20.7 Å². The zero-order chi connectivity index (χ0) is 13.6. The molecule has 0 aliphatic carbocycles. The molecule has 0 bridgehead atoms.